The zero-order valence-electron chi connectivity index (χ0n) is 20.6. The number of anilines is 1. The number of carbonyl (C=O) groups excluding carboxylic acids is 1. The van der Waals surface area contributed by atoms with Crippen molar-refractivity contribution in [1.82, 2.24) is 5.32 Å². The number of sulfonamides is 1. The summed E-state index contributed by atoms with van der Waals surface area (Å²) < 4.78 is 39.6. The average Bonchev–Trinajstić information content (AvgIpc) is 2.92. The maximum Gasteiger partial charge on any atom is 0.264 e. The zero-order valence-corrected chi connectivity index (χ0v) is 21.5. The molecule has 3 aromatic carbocycles. The molecule has 190 valence electrons. The standard InChI is InChI=1S/C28H32N2O5S/c1-22-13-14-26(34-2)25(19-22)30(36(32,33)24-11-7-4-8-12-24)20-27(31)29-21-28(15-17-35-18-16-28)23-9-5-3-6-10-23/h3-14,19H,15-18,20-21H2,1-2H3,(H,29,31). The number of benzene rings is 3. The monoisotopic (exact) mass is 508 g/mol. The van der Waals surface area contributed by atoms with Crippen molar-refractivity contribution in [2.75, 3.05) is 37.7 Å². The van der Waals surface area contributed by atoms with Crippen LogP contribution >= 0.6 is 0 Å². The van der Waals surface area contributed by atoms with Crippen LogP contribution in [-0.2, 0) is 25.0 Å². The van der Waals surface area contributed by atoms with Gasteiger partial charge in [0.25, 0.3) is 10.0 Å². The largest absolute Gasteiger partial charge is 0.495 e. The molecular weight excluding hydrogens is 476 g/mol. The Morgan fingerprint density at radius 3 is 2.28 bits per heavy atom. The van der Waals surface area contributed by atoms with Gasteiger partial charge in [0.15, 0.2) is 0 Å². The molecular formula is C28H32N2O5S. The van der Waals surface area contributed by atoms with E-state index in [1.807, 2.05) is 31.2 Å². The Morgan fingerprint density at radius 1 is 1.00 bits per heavy atom. The molecule has 1 aliphatic rings. The summed E-state index contributed by atoms with van der Waals surface area (Å²) in [5.74, 6) is -0.0158. The van der Waals surface area contributed by atoms with Gasteiger partial charge in [-0.25, -0.2) is 8.42 Å². The van der Waals surface area contributed by atoms with Gasteiger partial charge in [-0.2, -0.15) is 0 Å². The first-order valence-electron chi connectivity index (χ1n) is 12.0. The number of hydrogen-bond acceptors (Lipinski definition) is 5. The van der Waals surface area contributed by atoms with Crippen molar-refractivity contribution >= 4 is 21.6 Å². The molecule has 36 heavy (non-hydrogen) atoms. The lowest BCUT2D eigenvalue weighted by Crippen LogP contribution is -2.48. The van der Waals surface area contributed by atoms with Gasteiger partial charge >= 0.3 is 0 Å². The van der Waals surface area contributed by atoms with Crippen LogP contribution in [0.3, 0.4) is 0 Å². The number of hydrogen-bond donors (Lipinski definition) is 1. The number of nitrogens with zero attached hydrogens (tertiary/aromatic N) is 1. The van der Waals surface area contributed by atoms with E-state index in [1.165, 1.54) is 19.2 Å². The van der Waals surface area contributed by atoms with Crippen LogP contribution in [0.1, 0.15) is 24.0 Å². The highest BCUT2D eigenvalue weighted by Crippen LogP contribution is 2.35. The molecule has 0 unspecified atom stereocenters. The molecule has 1 aliphatic heterocycles. The van der Waals surface area contributed by atoms with Crippen molar-refractivity contribution in [3.05, 3.63) is 90.0 Å². The van der Waals surface area contributed by atoms with Crippen LogP contribution < -0.4 is 14.4 Å². The quantitative estimate of drug-likeness (QED) is 0.471. The first-order valence-corrected chi connectivity index (χ1v) is 13.4. The minimum atomic E-state index is -4.04. The molecule has 4 rings (SSSR count). The highest BCUT2D eigenvalue weighted by molar-refractivity contribution is 7.92. The molecule has 7 nitrogen and oxygen atoms in total. The smallest absolute Gasteiger partial charge is 0.264 e. The molecule has 1 N–H and O–H groups in total. The fourth-order valence-corrected chi connectivity index (χ4v) is 6.03. The number of nitrogens with one attached hydrogen (secondary N) is 1. The SMILES string of the molecule is COc1ccc(C)cc1N(CC(=O)NCC1(c2ccccc2)CCOCC1)S(=O)(=O)c1ccccc1. The number of amides is 1. The maximum atomic E-state index is 13.7. The Morgan fingerprint density at radius 2 is 1.64 bits per heavy atom. The number of aryl methyl sites for hydroxylation is 1. The summed E-state index contributed by atoms with van der Waals surface area (Å²) in [4.78, 5) is 13.4. The Bertz CT molecular complexity index is 1270. The molecule has 0 spiro atoms. The molecule has 0 radical (unpaired) electrons. The lowest BCUT2D eigenvalue weighted by molar-refractivity contribution is -0.120. The lowest BCUT2D eigenvalue weighted by atomic mass is 9.74. The third-order valence-corrected chi connectivity index (χ3v) is 8.46. The molecule has 3 aromatic rings. The minimum Gasteiger partial charge on any atom is -0.495 e. The second-order valence-electron chi connectivity index (χ2n) is 9.04. The Labute approximate surface area is 213 Å². The fourth-order valence-electron chi connectivity index (χ4n) is 4.59. The average molecular weight is 509 g/mol. The van der Waals surface area contributed by atoms with Crippen LogP contribution in [0.2, 0.25) is 0 Å². The molecule has 0 saturated carbocycles. The molecule has 0 atom stereocenters. The zero-order chi connectivity index (χ0) is 25.6. The van der Waals surface area contributed by atoms with Crippen molar-refractivity contribution in [3.63, 3.8) is 0 Å². The van der Waals surface area contributed by atoms with E-state index in [0.29, 0.717) is 31.2 Å². The molecule has 0 bridgehead atoms. The van der Waals surface area contributed by atoms with Crippen LogP contribution in [0.5, 0.6) is 5.75 Å². The van der Waals surface area contributed by atoms with Gasteiger partial charge in [0, 0.05) is 25.2 Å². The van der Waals surface area contributed by atoms with Gasteiger partial charge in [-0.1, -0.05) is 54.6 Å². The fraction of sp³-hybridized carbons (Fsp3) is 0.321. The van der Waals surface area contributed by atoms with Gasteiger partial charge in [-0.15, -0.1) is 0 Å². The van der Waals surface area contributed by atoms with E-state index in [-0.39, 0.29) is 22.8 Å². The van der Waals surface area contributed by atoms with Crippen molar-refractivity contribution in [3.8, 4) is 5.75 Å². The number of ether oxygens (including phenoxy) is 2. The molecule has 8 heteroatoms. The van der Waals surface area contributed by atoms with Crippen LogP contribution in [0.4, 0.5) is 5.69 Å². The van der Waals surface area contributed by atoms with Gasteiger partial charge < -0.3 is 14.8 Å². The summed E-state index contributed by atoms with van der Waals surface area (Å²) in [5, 5.41) is 3.03. The molecule has 1 amide bonds. The van der Waals surface area contributed by atoms with Gasteiger partial charge in [-0.05, 0) is 55.2 Å². The summed E-state index contributed by atoms with van der Waals surface area (Å²) in [7, 11) is -2.55. The Hall–Kier alpha value is -3.36. The van der Waals surface area contributed by atoms with E-state index in [0.717, 1.165) is 28.3 Å². The van der Waals surface area contributed by atoms with Crippen molar-refractivity contribution < 1.29 is 22.7 Å². The van der Waals surface area contributed by atoms with Gasteiger partial charge in [0.2, 0.25) is 5.91 Å². The summed E-state index contributed by atoms with van der Waals surface area (Å²) in [5.41, 5.74) is 2.05. The second kappa shape index (κ2) is 11.1. The van der Waals surface area contributed by atoms with Crippen LogP contribution in [-0.4, -0.2) is 47.7 Å². The predicted molar refractivity (Wildman–Crippen MR) is 140 cm³/mol. The third kappa shape index (κ3) is 5.55. The van der Waals surface area contributed by atoms with Crippen LogP contribution in [0.15, 0.2) is 83.8 Å². The lowest BCUT2D eigenvalue weighted by Gasteiger charge is -2.38. The molecule has 1 heterocycles. The molecule has 0 aliphatic carbocycles. The van der Waals surface area contributed by atoms with Gasteiger partial charge in [0.1, 0.15) is 12.3 Å². The van der Waals surface area contributed by atoms with E-state index in [9.17, 15) is 13.2 Å². The van der Waals surface area contributed by atoms with Crippen molar-refractivity contribution in [1.29, 1.82) is 0 Å². The topological polar surface area (TPSA) is 84.9 Å². The maximum absolute atomic E-state index is 13.7. The summed E-state index contributed by atoms with van der Waals surface area (Å²) >= 11 is 0. The molecule has 0 aromatic heterocycles. The van der Waals surface area contributed by atoms with Crippen molar-refractivity contribution in [2.45, 2.75) is 30.1 Å². The number of rotatable bonds is 9. The highest BCUT2D eigenvalue weighted by Gasteiger charge is 2.36. The minimum absolute atomic E-state index is 0.103. The Kier molecular flexibility index (Phi) is 7.96. The summed E-state index contributed by atoms with van der Waals surface area (Å²) in [6.45, 7) is 3.10. The van der Waals surface area contributed by atoms with E-state index in [1.54, 1.807) is 30.3 Å². The molecule has 1 saturated heterocycles. The van der Waals surface area contributed by atoms with E-state index in [2.05, 4.69) is 17.4 Å². The van der Waals surface area contributed by atoms with E-state index in [4.69, 9.17) is 9.47 Å². The number of methoxy groups -OCH3 is 1. The van der Waals surface area contributed by atoms with Crippen LogP contribution in [0.25, 0.3) is 0 Å². The normalized spacial score (nSPS) is 15.2. The van der Waals surface area contributed by atoms with E-state index < -0.39 is 10.0 Å². The number of carbonyl (C=O) groups is 1. The van der Waals surface area contributed by atoms with Gasteiger partial charge in [-0.3, -0.25) is 9.10 Å². The third-order valence-electron chi connectivity index (χ3n) is 6.68. The molecule has 1 fully saturated rings. The van der Waals surface area contributed by atoms with Gasteiger partial charge in [0.05, 0.1) is 17.7 Å². The first kappa shape index (κ1) is 25.7. The Balaban J connectivity index is 1.63. The van der Waals surface area contributed by atoms with Crippen LogP contribution in [0, 0.1) is 6.92 Å². The summed E-state index contributed by atoms with van der Waals surface area (Å²) in [6.07, 6.45) is 1.55. The highest BCUT2D eigenvalue weighted by atomic mass is 32.2. The summed E-state index contributed by atoms with van der Waals surface area (Å²) in [6, 6.07) is 23.5. The van der Waals surface area contributed by atoms with E-state index >= 15 is 0 Å². The van der Waals surface area contributed by atoms with Crippen molar-refractivity contribution in [2.24, 2.45) is 0 Å². The first-order chi connectivity index (χ1) is 17.4. The predicted octanol–water partition coefficient (Wildman–Crippen LogP) is 4.06. The second-order valence-corrected chi connectivity index (χ2v) is 10.9.